The first kappa shape index (κ1) is 19.0. The van der Waals surface area contributed by atoms with Gasteiger partial charge in [-0.05, 0) is 36.6 Å². The van der Waals surface area contributed by atoms with Crippen LogP contribution in [-0.2, 0) is 11.8 Å². The van der Waals surface area contributed by atoms with Crippen LogP contribution in [0.2, 0.25) is 0 Å². The highest BCUT2D eigenvalue weighted by molar-refractivity contribution is 5.85. The summed E-state index contributed by atoms with van der Waals surface area (Å²) in [5, 5.41) is 2.86. The zero-order valence-corrected chi connectivity index (χ0v) is 16.8. The summed E-state index contributed by atoms with van der Waals surface area (Å²) >= 11 is 0. The molecule has 3 aromatic rings. The largest absolute Gasteiger partial charge is 0.493 e. The molecule has 152 valence electrons. The molecule has 1 aromatic carbocycles. The fourth-order valence-corrected chi connectivity index (χ4v) is 3.57. The summed E-state index contributed by atoms with van der Waals surface area (Å²) in [6.07, 6.45) is 3.10. The Morgan fingerprint density at radius 3 is 2.76 bits per heavy atom. The number of aryl methyl sites for hydroxylation is 1. The van der Waals surface area contributed by atoms with Crippen molar-refractivity contribution in [3.63, 3.8) is 0 Å². The SMILES string of the molecule is COc1ccc(-c2cc3ncn(C)c3c(OCCC3CNC(=O)C3)n2)cc1OC. The Morgan fingerprint density at radius 1 is 1.21 bits per heavy atom. The summed E-state index contributed by atoms with van der Waals surface area (Å²) < 4.78 is 18.7. The third-order valence-corrected chi connectivity index (χ3v) is 5.17. The molecule has 1 aliphatic heterocycles. The molecule has 0 saturated carbocycles. The van der Waals surface area contributed by atoms with Gasteiger partial charge in [-0.1, -0.05) is 0 Å². The van der Waals surface area contributed by atoms with Gasteiger partial charge in [0.2, 0.25) is 11.8 Å². The molecule has 0 spiro atoms. The number of carbonyl (C=O) groups excluding carboxylic acids is 1. The quantitative estimate of drug-likeness (QED) is 0.660. The summed E-state index contributed by atoms with van der Waals surface area (Å²) in [6.45, 7) is 1.20. The highest BCUT2D eigenvalue weighted by atomic mass is 16.5. The molecule has 0 aliphatic carbocycles. The lowest BCUT2D eigenvalue weighted by atomic mass is 10.1. The number of aromatic nitrogens is 3. The first-order chi connectivity index (χ1) is 14.1. The summed E-state index contributed by atoms with van der Waals surface area (Å²) in [5.41, 5.74) is 3.27. The maximum Gasteiger partial charge on any atom is 0.240 e. The van der Waals surface area contributed by atoms with Gasteiger partial charge in [0.15, 0.2) is 11.5 Å². The van der Waals surface area contributed by atoms with Crippen LogP contribution >= 0.6 is 0 Å². The lowest BCUT2D eigenvalue weighted by Gasteiger charge is -2.13. The van der Waals surface area contributed by atoms with Gasteiger partial charge in [-0.3, -0.25) is 4.79 Å². The van der Waals surface area contributed by atoms with Gasteiger partial charge >= 0.3 is 0 Å². The Hall–Kier alpha value is -3.29. The number of pyridine rings is 1. The zero-order chi connectivity index (χ0) is 20.4. The van der Waals surface area contributed by atoms with Crippen LogP contribution in [-0.4, -0.2) is 47.8 Å². The Kier molecular flexibility index (Phi) is 5.24. The highest BCUT2D eigenvalue weighted by Gasteiger charge is 2.21. The summed E-state index contributed by atoms with van der Waals surface area (Å²) in [4.78, 5) is 20.6. The first-order valence-electron chi connectivity index (χ1n) is 9.53. The fourth-order valence-electron chi connectivity index (χ4n) is 3.57. The van der Waals surface area contributed by atoms with Crippen molar-refractivity contribution in [3.8, 4) is 28.6 Å². The minimum atomic E-state index is 0.109. The van der Waals surface area contributed by atoms with E-state index >= 15 is 0 Å². The normalized spacial score (nSPS) is 16.1. The molecule has 0 radical (unpaired) electrons. The second-order valence-corrected chi connectivity index (χ2v) is 7.12. The average Bonchev–Trinajstić information content (AvgIpc) is 3.32. The van der Waals surface area contributed by atoms with Crippen LogP contribution in [0.3, 0.4) is 0 Å². The Bertz CT molecular complexity index is 1050. The molecule has 4 rings (SSSR count). The molecule has 0 bridgehead atoms. The molecule has 3 heterocycles. The Morgan fingerprint density at radius 2 is 2.03 bits per heavy atom. The van der Waals surface area contributed by atoms with E-state index in [0.717, 1.165) is 28.7 Å². The molecule has 8 nitrogen and oxygen atoms in total. The van der Waals surface area contributed by atoms with E-state index in [-0.39, 0.29) is 5.91 Å². The van der Waals surface area contributed by atoms with E-state index in [1.54, 1.807) is 20.5 Å². The van der Waals surface area contributed by atoms with Crippen molar-refractivity contribution in [2.75, 3.05) is 27.4 Å². The standard InChI is InChI=1S/C21H24N4O4/c1-25-12-23-16-10-15(14-4-5-17(27-2)18(9-14)28-3)24-21(20(16)25)29-7-6-13-8-19(26)22-11-13/h4-5,9-10,12-13H,6-8,11H2,1-3H3,(H,22,26). The number of hydrogen-bond acceptors (Lipinski definition) is 6. The van der Waals surface area contributed by atoms with Crippen molar-refractivity contribution in [3.05, 3.63) is 30.6 Å². The van der Waals surface area contributed by atoms with Gasteiger partial charge in [-0.25, -0.2) is 9.97 Å². The van der Waals surface area contributed by atoms with E-state index < -0.39 is 0 Å². The molecule has 2 aromatic heterocycles. The van der Waals surface area contributed by atoms with E-state index in [9.17, 15) is 4.79 Å². The molecule has 1 saturated heterocycles. The molecule has 29 heavy (non-hydrogen) atoms. The van der Waals surface area contributed by atoms with Gasteiger partial charge < -0.3 is 24.1 Å². The van der Waals surface area contributed by atoms with Crippen molar-refractivity contribution in [2.24, 2.45) is 13.0 Å². The van der Waals surface area contributed by atoms with Crippen molar-refractivity contribution in [1.29, 1.82) is 0 Å². The van der Waals surface area contributed by atoms with Crippen LogP contribution in [0.5, 0.6) is 17.4 Å². The molecular weight excluding hydrogens is 372 g/mol. The minimum absolute atomic E-state index is 0.109. The zero-order valence-electron chi connectivity index (χ0n) is 16.8. The number of fused-ring (bicyclic) bond motifs is 1. The number of nitrogens with zero attached hydrogens (tertiary/aromatic N) is 3. The summed E-state index contributed by atoms with van der Waals surface area (Å²) in [5.74, 6) is 2.24. The van der Waals surface area contributed by atoms with Gasteiger partial charge in [0.05, 0.1) is 38.4 Å². The number of benzene rings is 1. The topological polar surface area (TPSA) is 87.5 Å². The molecule has 8 heteroatoms. The lowest BCUT2D eigenvalue weighted by Crippen LogP contribution is -2.14. The third kappa shape index (κ3) is 3.83. The van der Waals surface area contributed by atoms with Crippen LogP contribution < -0.4 is 19.5 Å². The number of imidazole rings is 1. The minimum Gasteiger partial charge on any atom is -0.493 e. The number of ether oxygens (including phenoxy) is 3. The second kappa shape index (κ2) is 7.98. The van der Waals surface area contributed by atoms with Gasteiger partial charge in [0.1, 0.15) is 5.52 Å². The van der Waals surface area contributed by atoms with Crippen LogP contribution in [0.25, 0.3) is 22.3 Å². The lowest BCUT2D eigenvalue weighted by molar-refractivity contribution is -0.119. The second-order valence-electron chi connectivity index (χ2n) is 7.12. The van der Waals surface area contributed by atoms with E-state index in [1.807, 2.05) is 35.9 Å². The molecule has 1 unspecified atom stereocenters. The van der Waals surface area contributed by atoms with Crippen LogP contribution in [0.15, 0.2) is 30.6 Å². The molecule has 1 N–H and O–H groups in total. The van der Waals surface area contributed by atoms with Crippen LogP contribution in [0.1, 0.15) is 12.8 Å². The highest BCUT2D eigenvalue weighted by Crippen LogP contribution is 2.34. The van der Waals surface area contributed by atoms with Crippen molar-refractivity contribution in [2.45, 2.75) is 12.8 Å². The Balaban J connectivity index is 1.63. The number of carbonyl (C=O) groups is 1. The van der Waals surface area contributed by atoms with Crippen molar-refractivity contribution < 1.29 is 19.0 Å². The van der Waals surface area contributed by atoms with Crippen LogP contribution in [0.4, 0.5) is 0 Å². The molecule has 1 fully saturated rings. The van der Waals surface area contributed by atoms with E-state index in [1.165, 1.54) is 0 Å². The molecule has 1 amide bonds. The summed E-state index contributed by atoms with van der Waals surface area (Å²) in [6, 6.07) is 7.60. The van der Waals surface area contributed by atoms with Gasteiger partial charge in [0.25, 0.3) is 0 Å². The van der Waals surface area contributed by atoms with E-state index in [2.05, 4.69) is 10.3 Å². The Labute approximate surface area is 168 Å². The van der Waals surface area contributed by atoms with Gasteiger partial charge in [-0.2, -0.15) is 0 Å². The monoisotopic (exact) mass is 396 g/mol. The maximum atomic E-state index is 11.4. The molecule has 1 atom stereocenters. The smallest absolute Gasteiger partial charge is 0.240 e. The maximum absolute atomic E-state index is 11.4. The number of methoxy groups -OCH3 is 2. The number of rotatable bonds is 7. The van der Waals surface area contributed by atoms with Gasteiger partial charge in [0, 0.05) is 25.6 Å². The van der Waals surface area contributed by atoms with Crippen LogP contribution in [0, 0.1) is 5.92 Å². The number of nitrogens with one attached hydrogen (secondary N) is 1. The summed E-state index contributed by atoms with van der Waals surface area (Å²) in [7, 11) is 5.13. The van der Waals surface area contributed by atoms with Crippen molar-refractivity contribution >= 4 is 16.9 Å². The fraction of sp³-hybridized carbons (Fsp3) is 0.381. The third-order valence-electron chi connectivity index (χ3n) is 5.17. The van der Waals surface area contributed by atoms with E-state index in [0.29, 0.717) is 42.9 Å². The van der Waals surface area contributed by atoms with Crippen molar-refractivity contribution in [1.82, 2.24) is 19.9 Å². The number of hydrogen-bond donors (Lipinski definition) is 1. The molecular formula is C21H24N4O4. The van der Waals surface area contributed by atoms with Gasteiger partial charge in [-0.15, -0.1) is 0 Å². The molecule has 1 aliphatic rings. The van der Waals surface area contributed by atoms with E-state index in [4.69, 9.17) is 19.2 Å². The number of amides is 1. The predicted octanol–water partition coefficient (Wildman–Crippen LogP) is 2.56. The first-order valence-corrected chi connectivity index (χ1v) is 9.53. The average molecular weight is 396 g/mol. The predicted molar refractivity (Wildman–Crippen MR) is 108 cm³/mol.